The van der Waals surface area contributed by atoms with Gasteiger partial charge in [0.25, 0.3) is 0 Å². The molecular formula is C31H44N2. The molecule has 0 bridgehead atoms. The number of fused-ring (bicyclic) bond motifs is 3. The Morgan fingerprint density at radius 2 is 1.58 bits per heavy atom. The Hall–Kier alpha value is -1.64. The van der Waals surface area contributed by atoms with Gasteiger partial charge in [0.1, 0.15) is 0 Å². The molecule has 2 nitrogen and oxygen atoms in total. The summed E-state index contributed by atoms with van der Waals surface area (Å²) < 4.78 is 0. The van der Waals surface area contributed by atoms with Gasteiger partial charge in [0.05, 0.1) is 0 Å². The molecule has 0 N–H and O–H groups in total. The van der Waals surface area contributed by atoms with Gasteiger partial charge in [-0.1, -0.05) is 71.0 Å². The first kappa shape index (κ1) is 23.1. The third-order valence-corrected chi connectivity index (χ3v) is 9.17. The van der Waals surface area contributed by atoms with Crippen molar-refractivity contribution in [2.75, 3.05) is 20.1 Å². The van der Waals surface area contributed by atoms with E-state index in [0.29, 0.717) is 17.4 Å². The SMILES string of the molecule is CC(C)N1CCc2cc(C(C)(C)C3CC34CN(C)Cc3cc(C(C)(C)C)ccc34)ccc2C1. The van der Waals surface area contributed by atoms with Crippen LogP contribution in [-0.4, -0.2) is 36.0 Å². The van der Waals surface area contributed by atoms with Gasteiger partial charge in [-0.25, -0.2) is 0 Å². The lowest BCUT2D eigenvalue weighted by molar-refractivity contribution is 0.203. The van der Waals surface area contributed by atoms with E-state index in [1.54, 1.807) is 22.3 Å². The fourth-order valence-corrected chi connectivity index (χ4v) is 6.93. The maximum atomic E-state index is 2.60. The van der Waals surface area contributed by atoms with Crippen molar-refractivity contribution in [1.82, 2.24) is 9.80 Å². The summed E-state index contributed by atoms with van der Waals surface area (Å²) in [6.45, 7) is 21.2. The molecule has 178 valence electrons. The van der Waals surface area contributed by atoms with Gasteiger partial charge < -0.3 is 4.90 Å². The topological polar surface area (TPSA) is 6.48 Å². The second-order valence-corrected chi connectivity index (χ2v) is 13.2. The third-order valence-electron chi connectivity index (χ3n) is 9.17. The molecule has 3 aliphatic rings. The van der Waals surface area contributed by atoms with Gasteiger partial charge in [-0.05, 0) is 83.9 Å². The van der Waals surface area contributed by atoms with E-state index < -0.39 is 0 Å². The standard InChI is InChI=1S/C31H44N2/c1-21(2)33-14-13-22-15-26(10-9-23(22)19-33)30(6,7)28-17-31(28)20-32(8)18-24-16-25(29(3,4)5)11-12-27(24)31/h9-12,15-16,21,28H,13-14,17-20H2,1-8H3. The van der Waals surface area contributed by atoms with Crippen LogP contribution in [0.5, 0.6) is 0 Å². The predicted molar refractivity (Wildman–Crippen MR) is 140 cm³/mol. The maximum Gasteiger partial charge on any atom is 0.0239 e. The lowest BCUT2D eigenvalue weighted by Crippen LogP contribution is -2.39. The summed E-state index contributed by atoms with van der Waals surface area (Å²) in [5, 5.41) is 0. The molecular weight excluding hydrogens is 400 g/mol. The zero-order chi connectivity index (χ0) is 23.8. The molecule has 33 heavy (non-hydrogen) atoms. The second kappa shape index (κ2) is 7.68. The number of hydrogen-bond acceptors (Lipinski definition) is 2. The van der Waals surface area contributed by atoms with Gasteiger partial charge in [0, 0.05) is 37.6 Å². The fraction of sp³-hybridized carbons (Fsp3) is 0.613. The largest absolute Gasteiger partial charge is 0.301 e. The predicted octanol–water partition coefficient (Wildman–Crippen LogP) is 6.43. The smallest absolute Gasteiger partial charge is 0.0239 e. The minimum atomic E-state index is 0.183. The molecule has 0 saturated heterocycles. The van der Waals surface area contributed by atoms with Crippen molar-refractivity contribution in [2.24, 2.45) is 5.92 Å². The summed E-state index contributed by atoms with van der Waals surface area (Å²) in [6, 6.07) is 15.5. The first-order valence-electron chi connectivity index (χ1n) is 13.1. The second-order valence-electron chi connectivity index (χ2n) is 13.2. The van der Waals surface area contributed by atoms with Crippen molar-refractivity contribution in [2.45, 2.75) is 96.7 Å². The first-order chi connectivity index (χ1) is 15.4. The Morgan fingerprint density at radius 1 is 0.879 bits per heavy atom. The highest BCUT2D eigenvalue weighted by atomic mass is 15.1. The zero-order valence-corrected chi connectivity index (χ0v) is 22.3. The van der Waals surface area contributed by atoms with Gasteiger partial charge in [-0.2, -0.15) is 0 Å². The van der Waals surface area contributed by atoms with E-state index in [1.165, 1.54) is 37.1 Å². The Bertz CT molecular complexity index is 1060. The number of nitrogens with zero attached hydrogens (tertiary/aromatic N) is 2. The molecule has 1 spiro atoms. The maximum absolute atomic E-state index is 2.60. The van der Waals surface area contributed by atoms with Gasteiger partial charge in [-0.3, -0.25) is 4.90 Å². The highest BCUT2D eigenvalue weighted by molar-refractivity contribution is 5.49. The molecule has 2 heterocycles. The summed E-state index contributed by atoms with van der Waals surface area (Å²) in [4.78, 5) is 5.17. The molecule has 2 unspecified atom stereocenters. The molecule has 1 fully saturated rings. The highest BCUT2D eigenvalue weighted by Gasteiger charge is 2.63. The molecule has 2 aromatic carbocycles. The van der Waals surface area contributed by atoms with Crippen LogP contribution >= 0.6 is 0 Å². The number of rotatable bonds is 3. The van der Waals surface area contributed by atoms with E-state index >= 15 is 0 Å². The molecule has 2 atom stereocenters. The summed E-state index contributed by atoms with van der Waals surface area (Å²) in [6.07, 6.45) is 2.50. The van der Waals surface area contributed by atoms with Crippen LogP contribution in [0.25, 0.3) is 0 Å². The van der Waals surface area contributed by atoms with Crippen LogP contribution in [0, 0.1) is 5.92 Å². The van der Waals surface area contributed by atoms with Crippen molar-refractivity contribution < 1.29 is 0 Å². The van der Waals surface area contributed by atoms with Crippen LogP contribution < -0.4 is 0 Å². The fourth-order valence-electron chi connectivity index (χ4n) is 6.93. The van der Waals surface area contributed by atoms with Crippen molar-refractivity contribution >= 4 is 0 Å². The molecule has 0 radical (unpaired) electrons. The Balaban J connectivity index is 1.45. The Morgan fingerprint density at radius 3 is 2.27 bits per heavy atom. The average molecular weight is 445 g/mol. The molecule has 5 rings (SSSR count). The minimum absolute atomic E-state index is 0.183. The molecule has 0 aromatic heterocycles. The molecule has 2 aromatic rings. The normalized spacial score (nSPS) is 25.9. The van der Waals surface area contributed by atoms with E-state index in [1.807, 2.05) is 0 Å². The van der Waals surface area contributed by atoms with Crippen molar-refractivity contribution in [3.05, 3.63) is 69.8 Å². The van der Waals surface area contributed by atoms with E-state index in [9.17, 15) is 0 Å². The lowest BCUT2D eigenvalue weighted by atomic mass is 9.72. The van der Waals surface area contributed by atoms with E-state index in [2.05, 4.69) is 102 Å². The third kappa shape index (κ3) is 3.88. The molecule has 0 amide bonds. The van der Waals surface area contributed by atoms with Crippen LogP contribution in [0.4, 0.5) is 0 Å². The van der Waals surface area contributed by atoms with Crippen LogP contribution in [0.15, 0.2) is 36.4 Å². The number of likely N-dealkylation sites (N-methyl/N-ethyl adjacent to an activating group) is 1. The quantitative estimate of drug-likeness (QED) is 0.538. The van der Waals surface area contributed by atoms with Gasteiger partial charge in [-0.15, -0.1) is 0 Å². The average Bonchev–Trinajstić information content (AvgIpc) is 3.46. The molecule has 2 aliphatic heterocycles. The van der Waals surface area contributed by atoms with E-state index in [-0.39, 0.29) is 10.8 Å². The Labute approximate surface area is 202 Å². The molecule has 1 aliphatic carbocycles. The van der Waals surface area contributed by atoms with Crippen LogP contribution in [-0.2, 0) is 35.8 Å². The van der Waals surface area contributed by atoms with Crippen molar-refractivity contribution in [3.8, 4) is 0 Å². The summed E-state index contributed by atoms with van der Waals surface area (Å²) in [7, 11) is 2.32. The summed E-state index contributed by atoms with van der Waals surface area (Å²) >= 11 is 0. The molecule has 1 saturated carbocycles. The van der Waals surface area contributed by atoms with Crippen LogP contribution in [0.1, 0.15) is 88.3 Å². The van der Waals surface area contributed by atoms with Gasteiger partial charge in [0.2, 0.25) is 0 Å². The summed E-state index contributed by atoms with van der Waals surface area (Å²) in [5.74, 6) is 0.695. The minimum Gasteiger partial charge on any atom is -0.301 e. The zero-order valence-electron chi connectivity index (χ0n) is 22.3. The van der Waals surface area contributed by atoms with Crippen molar-refractivity contribution in [1.29, 1.82) is 0 Å². The number of hydrogen-bond donors (Lipinski definition) is 0. The first-order valence-corrected chi connectivity index (χ1v) is 13.1. The van der Waals surface area contributed by atoms with Gasteiger partial charge in [0.15, 0.2) is 0 Å². The molecule has 2 heteroatoms. The van der Waals surface area contributed by atoms with Crippen molar-refractivity contribution in [3.63, 3.8) is 0 Å². The highest BCUT2D eigenvalue weighted by Crippen LogP contribution is 2.64. The van der Waals surface area contributed by atoms with Crippen LogP contribution in [0.2, 0.25) is 0 Å². The van der Waals surface area contributed by atoms with E-state index in [0.717, 1.165) is 13.1 Å². The monoisotopic (exact) mass is 444 g/mol. The number of benzene rings is 2. The Kier molecular flexibility index (Phi) is 5.38. The lowest BCUT2D eigenvalue weighted by Gasteiger charge is -2.38. The van der Waals surface area contributed by atoms with Gasteiger partial charge >= 0.3 is 0 Å². The van der Waals surface area contributed by atoms with Crippen LogP contribution in [0.3, 0.4) is 0 Å². The van der Waals surface area contributed by atoms with E-state index in [4.69, 9.17) is 0 Å². The summed E-state index contributed by atoms with van der Waals surface area (Å²) in [5.41, 5.74) is 10.0.